The zero-order chi connectivity index (χ0) is 17.1. The third-order valence-corrected chi connectivity index (χ3v) is 10.4. The quantitative estimate of drug-likeness (QED) is 0.603. The fourth-order valence-corrected chi connectivity index (χ4v) is 8.72. The van der Waals surface area contributed by atoms with Crippen LogP contribution in [0.4, 0.5) is 0 Å². The number of hydrogen-bond donors (Lipinski definition) is 0. The van der Waals surface area contributed by atoms with Crippen molar-refractivity contribution in [2.75, 3.05) is 13.2 Å². The smallest absolute Gasteiger partial charge is 0.174 e. The summed E-state index contributed by atoms with van der Waals surface area (Å²) >= 11 is 0. The highest BCUT2D eigenvalue weighted by Crippen LogP contribution is 2.73. The highest BCUT2D eigenvalue weighted by Gasteiger charge is 2.70. The first-order valence-corrected chi connectivity index (χ1v) is 10.8. The van der Waals surface area contributed by atoms with Crippen LogP contribution in [0.25, 0.3) is 0 Å². The molecule has 6 aliphatic rings. The maximum atomic E-state index is 6.29. The minimum absolute atomic E-state index is 0.238. The Hall–Kier alpha value is -0.120. The van der Waals surface area contributed by atoms with Gasteiger partial charge in [0.25, 0.3) is 0 Å². The fourth-order valence-electron chi connectivity index (χ4n) is 8.72. The highest BCUT2D eigenvalue weighted by atomic mass is 16.7. The topological polar surface area (TPSA) is 31.0 Å². The van der Waals surface area contributed by atoms with Crippen LogP contribution >= 0.6 is 0 Å². The molecule has 4 aliphatic carbocycles. The van der Waals surface area contributed by atoms with E-state index in [0.717, 1.165) is 37.4 Å². The SMILES string of the molecule is CC12CCC3C(CC[C@@]4(C)C[C@@H]5O[C@H]5CC34C)C1CCC21OCCO1. The molecule has 8 atom stereocenters. The van der Waals surface area contributed by atoms with Crippen LogP contribution in [0, 0.1) is 34.0 Å². The van der Waals surface area contributed by atoms with Crippen molar-refractivity contribution < 1.29 is 14.2 Å². The van der Waals surface area contributed by atoms with E-state index in [4.69, 9.17) is 14.2 Å². The van der Waals surface area contributed by atoms with E-state index in [1.165, 1.54) is 44.9 Å². The van der Waals surface area contributed by atoms with Gasteiger partial charge in [-0.05, 0) is 73.5 Å². The number of hydrogen-bond acceptors (Lipinski definition) is 3. The summed E-state index contributed by atoms with van der Waals surface area (Å²) in [6, 6.07) is 0. The zero-order valence-corrected chi connectivity index (χ0v) is 16.2. The first-order valence-electron chi connectivity index (χ1n) is 10.8. The molecule has 4 saturated carbocycles. The van der Waals surface area contributed by atoms with Crippen LogP contribution in [-0.4, -0.2) is 31.2 Å². The molecule has 6 rings (SSSR count). The molecule has 0 aromatic heterocycles. The van der Waals surface area contributed by atoms with Crippen molar-refractivity contribution >= 4 is 0 Å². The Morgan fingerprint density at radius 1 is 0.720 bits per heavy atom. The van der Waals surface area contributed by atoms with Gasteiger partial charge in [-0.15, -0.1) is 0 Å². The molecule has 2 heterocycles. The van der Waals surface area contributed by atoms with Crippen LogP contribution in [-0.2, 0) is 14.2 Å². The molecule has 0 amide bonds. The molecule has 0 radical (unpaired) electrons. The lowest BCUT2D eigenvalue weighted by molar-refractivity contribution is -0.250. The number of ether oxygens (including phenoxy) is 3. The molecule has 140 valence electrons. The summed E-state index contributed by atoms with van der Waals surface area (Å²) in [7, 11) is 0. The molecule has 0 bridgehead atoms. The first kappa shape index (κ1) is 15.9. The predicted octanol–water partition coefficient (Wildman–Crippen LogP) is 4.54. The summed E-state index contributed by atoms with van der Waals surface area (Å²) in [6.07, 6.45) is 11.7. The van der Waals surface area contributed by atoms with Gasteiger partial charge in [-0.2, -0.15) is 0 Å². The highest BCUT2D eigenvalue weighted by molar-refractivity contribution is 5.17. The third-order valence-electron chi connectivity index (χ3n) is 10.4. The average molecular weight is 347 g/mol. The van der Waals surface area contributed by atoms with E-state index in [2.05, 4.69) is 20.8 Å². The van der Waals surface area contributed by atoms with Gasteiger partial charge in [0, 0.05) is 11.8 Å². The lowest BCUT2D eigenvalue weighted by Gasteiger charge is -2.64. The molecule has 2 saturated heterocycles. The van der Waals surface area contributed by atoms with Crippen LogP contribution in [0.5, 0.6) is 0 Å². The summed E-state index contributed by atoms with van der Waals surface area (Å²) in [6.45, 7) is 9.33. The van der Waals surface area contributed by atoms with Gasteiger partial charge in [-0.1, -0.05) is 20.8 Å². The summed E-state index contributed by atoms with van der Waals surface area (Å²) in [5, 5.41) is 0. The lowest BCUT2D eigenvalue weighted by atomic mass is 9.40. The molecule has 1 spiro atoms. The van der Waals surface area contributed by atoms with E-state index in [0.29, 0.717) is 23.0 Å². The third kappa shape index (κ3) is 1.75. The fraction of sp³-hybridized carbons (Fsp3) is 1.00. The minimum Gasteiger partial charge on any atom is -0.370 e. The second-order valence-electron chi connectivity index (χ2n) is 11.0. The molecule has 0 aromatic carbocycles. The summed E-state index contributed by atoms with van der Waals surface area (Å²) in [5.41, 5.74) is 1.21. The predicted molar refractivity (Wildman–Crippen MR) is 95.0 cm³/mol. The van der Waals surface area contributed by atoms with Crippen molar-refractivity contribution in [1.29, 1.82) is 0 Å². The minimum atomic E-state index is -0.248. The van der Waals surface area contributed by atoms with Crippen LogP contribution in [0.15, 0.2) is 0 Å². The van der Waals surface area contributed by atoms with Crippen molar-refractivity contribution in [3.05, 3.63) is 0 Å². The Labute approximate surface area is 152 Å². The average Bonchev–Trinajstić information content (AvgIpc) is 3.02. The molecule has 2 aliphatic heterocycles. The van der Waals surface area contributed by atoms with Gasteiger partial charge in [0.15, 0.2) is 5.79 Å². The van der Waals surface area contributed by atoms with E-state index in [-0.39, 0.29) is 11.2 Å². The molecular weight excluding hydrogens is 312 g/mol. The van der Waals surface area contributed by atoms with Crippen LogP contribution in [0.3, 0.4) is 0 Å². The van der Waals surface area contributed by atoms with Gasteiger partial charge in [-0.3, -0.25) is 0 Å². The molecule has 0 aromatic rings. The number of rotatable bonds is 0. The zero-order valence-electron chi connectivity index (χ0n) is 16.2. The van der Waals surface area contributed by atoms with Crippen molar-refractivity contribution in [3.8, 4) is 0 Å². The number of epoxide rings is 1. The van der Waals surface area contributed by atoms with E-state index in [1.807, 2.05) is 0 Å². The largest absolute Gasteiger partial charge is 0.370 e. The second kappa shape index (κ2) is 4.64. The Morgan fingerprint density at radius 2 is 1.40 bits per heavy atom. The summed E-state index contributed by atoms with van der Waals surface area (Å²) in [4.78, 5) is 0. The maximum absolute atomic E-state index is 6.29. The van der Waals surface area contributed by atoms with Crippen molar-refractivity contribution in [2.24, 2.45) is 34.0 Å². The molecular formula is C22H34O3. The van der Waals surface area contributed by atoms with Gasteiger partial charge in [0.05, 0.1) is 25.4 Å². The molecule has 3 nitrogen and oxygen atoms in total. The van der Waals surface area contributed by atoms with Crippen LogP contribution in [0.2, 0.25) is 0 Å². The van der Waals surface area contributed by atoms with Crippen LogP contribution < -0.4 is 0 Å². The van der Waals surface area contributed by atoms with Crippen molar-refractivity contribution in [3.63, 3.8) is 0 Å². The Bertz CT molecular complexity index is 598. The Kier molecular flexibility index (Phi) is 2.95. The first-order chi connectivity index (χ1) is 11.9. The van der Waals surface area contributed by atoms with E-state index in [1.54, 1.807) is 0 Å². The molecule has 6 fully saturated rings. The Balaban J connectivity index is 1.36. The van der Waals surface area contributed by atoms with E-state index >= 15 is 0 Å². The van der Waals surface area contributed by atoms with E-state index in [9.17, 15) is 0 Å². The van der Waals surface area contributed by atoms with Crippen molar-refractivity contribution in [1.82, 2.24) is 0 Å². The summed E-state index contributed by atoms with van der Waals surface area (Å²) in [5.74, 6) is 2.30. The number of fused-ring (bicyclic) bond motifs is 7. The lowest BCUT2D eigenvalue weighted by Crippen LogP contribution is -2.59. The summed E-state index contributed by atoms with van der Waals surface area (Å²) < 4.78 is 18.6. The van der Waals surface area contributed by atoms with Gasteiger partial charge in [0.2, 0.25) is 0 Å². The second-order valence-corrected chi connectivity index (χ2v) is 11.0. The van der Waals surface area contributed by atoms with Gasteiger partial charge in [-0.25, -0.2) is 0 Å². The van der Waals surface area contributed by atoms with Crippen LogP contribution in [0.1, 0.15) is 72.1 Å². The van der Waals surface area contributed by atoms with Gasteiger partial charge < -0.3 is 14.2 Å². The maximum Gasteiger partial charge on any atom is 0.174 e. The van der Waals surface area contributed by atoms with E-state index < -0.39 is 0 Å². The van der Waals surface area contributed by atoms with Gasteiger partial charge >= 0.3 is 0 Å². The monoisotopic (exact) mass is 346 g/mol. The normalized spacial score (nSPS) is 61.3. The molecule has 5 unspecified atom stereocenters. The van der Waals surface area contributed by atoms with Crippen molar-refractivity contribution in [2.45, 2.75) is 90.1 Å². The molecule has 0 N–H and O–H groups in total. The van der Waals surface area contributed by atoms with Gasteiger partial charge in [0.1, 0.15) is 0 Å². The Morgan fingerprint density at radius 3 is 2.20 bits per heavy atom. The molecule has 25 heavy (non-hydrogen) atoms. The standard InChI is InChI=1S/C22H34O3/c1-19-7-4-14-15-6-9-22(23-10-11-24-22)20(15,2)8-5-16(14)21(19,3)13-18-17(12-19)25-18/h14-18H,4-13H2,1-3H3/t14?,15?,16?,17-,18-,19-,20?,21?/m0/s1. The molecule has 3 heteroatoms.